The maximum Gasteiger partial charge on any atom is 0.308 e. The van der Waals surface area contributed by atoms with E-state index in [1.165, 1.54) is 19.2 Å². The van der Waals surface area contributed by atoms with Gasteiger partial charge >= 0.3 is 5.97 Å². The lowest BCUT2D eigenvalue weighted by atomic mass is 9.90. The molecule has 0 bridgehead atoms. The second kappa shape index (κ2) is 6.52. The fraction of sp³-hybridized carbons (Fsp3) is 0.500. The molecule has 2 unspecified atom stereocenters. The SMILES string of the molecule is CCC(C(=O)O)C(c1ccc(OC)c(F)c1)N(C)C. The van der Waals surface area contributed by atoms with E-state index in [1.54, 1.807) is 25.1 Å². The van der Waals surface area contributed by atoms with Crippen molar-refractivity contribution in [2.75, 3.05) is 21.2 Å². The zero-order chi connectivity index (χ0) is 14.6. The second-order valence-corrected chi connectivity index (χ2v) is 4.66. The van der Waals surface area contributed by atoms with Crippen LogP contribution in [0.1, 0.15) is 24.9 Å². The first-order valence-electron chi connectivity index (χ1n) is 6.15. The van der Waals surface area contributed by atoms with Crippen LogP contribution in [-0.2, 0) is 4.79 Å². The number of ether oxygens (including phenoxy) is 1. The van der Waals surface area contributed by atoms with Crippen LogP contribution in [0.15, 0.2) is 18.2 Å². The summed E-state index contributed by atoms with van der Waals surface area (Å²) in [5.74, 6) is -1.78. The number of hydrogen-bond donors (Lipinski definition) is 1. The first-order chi connectivity index (χ1) is 8.92. The van der Waals surface area contributed by atoms with Crippen LogP contribution in [0.4, 0.5) is 4.39 Å². The predicted molar refractivity (Wildman–Crippen MR) is 70.8 cm³/mol. The molecule has 0 fully saturated rings. The summed E-state index contributed by atoms with van der Waals surface area (Å²) in [6.45, 7) is 1.81. The van der Waals surface area contributed by atoms with Gasteiger partial charge in [-0.2, -0.15) is 0 Å². The van der Waals surface area contributed by atoms with Gasteiger partial charge in [0.2, 0.25) is 0 Å². The molecule has 2 atom stereocenters. The Morgan fingerprint density at radius 3 is 2.47 bits per heavy atom. The fourth-order valence-electron chi connectivity index (χ4n) is 2.29. The first-order valence-corrected chi connectivity index (χ1v) is 6.15. The third kappa shape index (κ3) is 3.44. The van der Waals surface area contributed by atoms with Crippen molar-refractivity contribution >= 4 is 5.97 Å². The summed E-state index contributed by atoms with van der Waals surface area (Å²) in [6, 6.07) is 4.20. The first kappa shape index (κ1) is 15.4. The molecule has 0 aliphatic rings. The van der Waals surface area contributed by atoms with Gasteiger partial charge in [0.15, 0.2) is 11.6 Å². The van der Waals surface area contributed by atoms with Crippen LogP contribution in [0.5, 0.6) is 5.75 Å². The number of rotatable bonds is 6. The van der Waals surface area contributed by atoms with Crippen LogP contribution in [0.3, 0.4) is 0 Å². The summed E-state index contributed by atoms with van der Waals surface area (Å²) in [6.07, 6.45) is 0.478. The lowest BCUT2D eigenvalue weighted by molar-refractivity contribution is -0.144. The highest BCUT2D eigenvalue weighted by molar-refractivity contribution is 5.71. The van der Waals surface area contributed by atoms with E-state index in [-0.39, 0.29) is 11.8 Å². The molecule has 0 saturated carbocycles. The van der Waals surface area contributed by atoms with Gasteiger partial charge in [-0.25, -0.2) is 4.39 Å². The van der Waals surface area contributed by atoms with Crippen molar-refractivity contribution in [3.8, 4) is 5.75 Å². The molecule has 0 aromatic heterocycles. The minimum absolute atomic E-state index is 0.157. The van der Waals surface area contributed by atoms with Gasteiger partial charge in [0, 0.05) is 6.04 Å². The molecule has 0 saturated heterocycles. The van der Waals surface area contributed by atoms with Crippen molar-refractivity contribution in [3.05, 3.63) is 29.6 Å². The van der Waals surface area contributed by atoms with E-state index < -0.39 is 17.7 Å². The molecule has 19 heavy (non-hydrogen) atoms. The number of aliphatic carboxylic acids is 1. The van der Waals surface area contributed by atoms with Gasteiger partial charge in [-0.05, 0) is 38.2 Å². The summed E-state index contributed by atoms with van der Waals surface area (Å²) in [5.41, 5.74) is 0.637. The zero-order valence-electron chi connectivity index (χ0n) is 11.7. The molecular weight excluding hydrogens is 249 g/mol. The van der Waals surface area contributed by atoms with Crippen LogP contribution < -0.4 is 4.74 Å². The molecule has 1 aromatic rings. The van der Waals surface area contributed by atoms with E-state index >= 15 is 0 Å². The molecule has 0 aliphatic carbocycles. The number of hydrogen-bond acceptors (Lipinski definition) is 3. The maximum absolute atomic E-state index is 13.8. The average molecular weight is 269 g/mol. The number of halogens is 1. The second-order valence-electron chi connectivity index (χ2n) is 4.66. The van der Waals surface area contributed by atoms with Crippen molar-refractivity contribution in [2.24, 2.45) is 5.92 Å². The van der Waals surface area contributed by atoms with Gasteiger partial charge in [-0.15, -0.1) is 0 Å². The van der Waals surface area contributed by atoms with Gasteiger partial charge in [0.1, 0.15) is 0 Å². The summed E-state index contributed by atoms with van der Waals surface area (Å²) in [4.78, 5) is 13.1. The normalized spacial score (nSPS) is 14.2. The Kier molecular flexibility index (Phi) is 5.30. The molecule has 4 nitrogen and oxygen atoms in total. The minimum Gasteiger partial charge on any atom is -0.494 e. The molecule has 1 aromatic carbocycles. The van der Waals surface area contributed by atoms with Crippen molar-refractivity contribution in [2.45, 2.75) is 19.4 Å². The van der Waals surface area contributed by atoms with E-state index in [9.17, 15) is 14.3 Å². The number of nitrogens with zero attached hydrogens (tertiary/aromatic N) is 1. The Morgan fingerprint density at radius 1 is 1.47 bits per heavy atom. The predicted octanol–water partition coefficient (Wildman–Crippen LogP) is 2.55. The highest BCUT2D eigenvalue weighted by atomic mass is 19.1. The summed E-state index contributed by atoms with van der Waals surface area (Å²) in [5, 5.41) is 9.28. The van der Waals surface area contributed by atoms with Gasteiger partial charge in [0.05, 0.1) is 13.0 Å². The van der Waals surface area contributed by atoms with E-state index in [0.29, 0.717) is 12.0 Å². The zero-order valence-corrected chi connectivity index (χ0v) is 11.7. The average Bonchev–Trinajstić information content (AvgIpc) is 2.34. The van der Waals surface area contributed by atoms with Crippen molar-refractivity contribution in [1.29, 1.82) is 0 Å². The molecule has 0 aliphatic heterocycles. The lowest BCUT2D eigenvalue weighted by Crippen LogP contribution is -2.32. The van der Waals surface area contributed by atoms with Gasteiger partial charge in [0.25, 0.3) is 0 Å². The molecule has 0 spiro atoms. The highest BCUT2D eigenvalue weighted by Crippen LogP contribution is 2.31. The van der Waals surface area contributed by atoms with E-state index in [4.69, 9.17) is 4.74 Å². The smallest absolute Gasteiger partial charge is 0.308 e. The Hall–Kier alpha value is -1.62. The Morgan fingerprint density at radius 2 is 2.11 bits per heavy atom. The van der Waals surface area contributed by atoms with Crippen LogP contribution in [-0.4, -0.2) is 37.2 Å². The minimum atomic E-state index is -0.877. The molecule has 0 radical (unpaired) electrons. The topological polar surface area (TPSA) is 49.8 Å². The van der Waals surface area contributed by atoms with E-state index in [0.717, 1.165) is 0 Å². The van der Waals surface area contributed by atoms with Crippen LogP contribution in [0.25, 0.3) is 0 Å². The molecule has 0 heterocycles. The molecule has 0 amide bonds. The Balaban J connectivity index is 3.19. The van der Waals surface area contributed by atoms with E-state index in [1.807, 2.05) is 6.92 Å². The third-order valence-corrected chi connectivity index (χ3v) is 3.21. The Bertz CT molecular complexity index is 448. The lowest BCUT2D eigenvalue weighted by Gasteiger charge is -2.29. The van der Waals surface area contributed by atoms with Gasteiger partial charge in [-0.3, -0.25) is 4.79 Å². The van der Waals surface area contributed by atoms with E-state index in [2.05, 4.69) is 0 Å². The quantitative estimate of drug-likeness (QED) is 0.862. The number of methoxy groups -OCH3 is 1. The standard InChI is InChI=1S/C14H20FNO3/c1-5-10(14(17)18)13(16(2)3)9-6-7-12(19-4)11(15)8-9/h6-8,10,13H,5H2,1-4H3,(H,17,18). The molecule has 1 rings (SSSR count). The maximum atomic E-state index is 13.8. The highest BCUT2D eigenvalue weighted by Gasteiger charge is 2.30. The number of carboxylic acid groups (broad SMARTS) is 1. The van der Waals surface area contributed by atoms with Crippen LogP contribution >= 0.6 is 0 Å². The fourth-order valence-corrected chi connectivity index (χ4v) is 2.29. The monoisotopic (exact) mass is 269 g/mol. The molecule has 5 heteroatoms. The van der Waals surface area contributed by atoms with Crippen molar-refractivity contribution < 1.29 is 19.0 Å². The van der Waals surface area contributed by atoms with Gasteiger partial charge < -0.3 is 14.7 Å². The number of carbonyl (C=O) groups is 1. The third-order valence-electron chi connectivity index (χ3n) is 3.21. The van der Waals surface area contributed by atoms with Gasteiger partial charge in [-0.1, -0.05) is 13.0 Å². The van der Waals surface area contributed by atoms with Crippen molar-refractivity contribution in [1.82, 2.24) is 4.90 Å². The molecule has 106 valence electrons. The van der Waals surface area contributed by atoms with Crippen LogP contribution in [0.2, 0.25) is 0 Å². The van der Waals surface area contributed by atoms with Crippen molar-refractivity contribution in [3.63, 3.8) is 0 Å². The number of carboxylic acids is 1. The molecular formula is C14H20FNO3. The summed E-state index contributed by atoms with van der Waals surface area (Å²) < 4.78 is 18.6. The summed E-state index contributed by atoms with van der Waals surface area (Å²) >= 11 is 0. The van der Waals surface area contributed by atoms with Crippen LogP contribution in [0, 0.1) is 11.7 Å². The number of benzene rings is 1. The largest absolute Gasteiger partial charge is 0.494 e. The molecule has 1 N–H and O–H groups in total. The summed E-state index contributed by atoms with van der Waals surface area (Å²) in [7, 11) is 4.98. The Labute approximate surface area is 112 Å².